The molecule has 1 aromatic rings. The molecule has 1 heterocycles. The number of hydrogen-bond acceptors (Lipinski definition) is 3. The molecule has 0 saturated heterocycles. The van der Waals surface area contributed by atoms with Crippen molar-refractivity contribution in [2.45, 2.75) is 72.3 Å². The lowest BCUT2D eigenvalue weighted by atomic mass is 9.95. The summed E-state index contributed by atoms with van der Waals surface area (Å²) >= 11 is 0. The second kappa shape index (κ2) is 9.24. The van der Waals surface area contributed by atoms with Gasteiger partial charge in [-0.25, -0.2) is 0 Å². The molecule has 1 fully saturated rings. The Balaban J connectivity index is 2.22. The molecule has 0 radical (unpaired) electrons. The lowest BCUT2D eigenvalue weighted by Gasteiger charge is -2.27. The first-order valence-electron chi connectivity index (χ1n) is 9.89. The normalized spacial score (nSPS) is 15.3. The number of aryl methyl sites for hydroxylation is 1. The monoisotopic (exact) mass is 362 g/mol. The van der Waals surface area contributed by atoms with Crippen LogP contribution in [-0.2, 0) is 9.53 Å². The molecule has 0 atom stereocenters. The molecule has 0 bridgehead atoms. The number of esters is 1. The van der Waals surface area contributed by atoms with Gasteiger partial charge >= 0.3 is 5.97 Å². The van der Waals surface area contributed by atoms with E-state index in [4.69, 9.17) is 4.74 Å². The van der Waals surface area contributed by atoms with E-state index in [1.807, 2.05) is 6.07 Å². The van der Waals surface area contributed by atoms with Crippen molar-refractivity contribution in [1.82, 2.24) is 9.47 Å². The number of carbonyl (C=O) groups is 2. The summed E-state index contributed by atoms with van der Waals surface area (Å²) in [7, 11) is 1.38. The van der Waals surface area contributed by atoms with Crippen LogP contribution in [0.15, 0.2) is 6.07 Å². The molecular weight excluding hydrogens is 328 g/mol. The molecule has 0 spiro atoms. The Bertz CT molecular complexity index is 627. The molecule has 1 aliphatic rings. The molecule has 0 N–H and O–H groups in total. The largest absolute Gasteiger partial charge is 0.469 e. The van der Waals surface area contributed by atoms with Gasteiger partial charge in [0.15, 0.2) is 0 Å². The summed E-state index contributed by atoms with van der Waals surface area (Å²) in [5.74, 6) is 0.0930. The first-order chi connectivity index (χ1) is 12.3. The Hall–Kier alpha value is -1.78. The van der Waals surface area contributed by atoms with Crippen LogP contribution in [0.25, 0.3) is 0 Å². The van der Waals surface area contributed by atoms with Crippen LogP contribution in [0.2, 0.25) is 0 Å². The lowest BCUT2D eigenvalue weighted by molar-refractivity contribution is -0.140. The maximum absolute atomic E-state index is 13.2. The minimum Gasteiger partial charge on any atom is -0.469 e. The average Bonchev–Trinajstić information content (AvgIpc) is 2.92. The number of hydrogen-bond donors (Lipinski definition) is 0. The number of ether oxygens (including phenoxy) is 1. The van der Waals surface area contributed by atoms with E-state index in [-0.39, 0.29) is 18.3 Å². The zero-order valence-corrected chi connectivity index (χ0v) is 17.0. The van der Waals surface area contributed by atoms with Crippen molar-refractivity contribution in [3.05, 3.63) is 23.0 Å². The maximum atomic E-state index is 13.2. The number of methoxy groups -OCH3 is 1. The number of aromatic nitrogens is 1. The molecule has 2 rings (SSSR count). The number of carbonyl (C=O) groups excluding carboxylic acids is 2. The molecule has 146 valence electrons. The summed E-state index contributed by atoms with van der Waals surface area (Å²) in [6.45, 7) is 9.37. The predicted octanol–water partition coefficient (Wildman–Crippen LogP) is 4.27. The van der Waals surface area contributed by atoms with Gasteiger partial charge in [-0.1, -0.05) is 33.1 Å². The summed E-state index contributed by atoms with van der Waals surface area (Å²) in [6, 6.07) is 2.54. The van der Waals surface area contributed by atoms with Crippen molar-refractivity contribution in [2.75, 3.05) is 20.2 Å². The summed E-state index contributed by atoms with van der Waals surface area (Å²) in [5, 5.41) is 0. The average molecular weight is 363 g/mol. The molecule has 1 amide bonds. The van der Waals surface area contributed by atoms with Crippen LogP contribution in [0.1, 0.15) is 80.2 Å². The van der Waals surface area contributed by atoms with Gasteiger partial charge in [-0.3, -0.25) is 9.59 Å². The Morgan fingerprint density at radius 3 is 2.46 bits per heavy atom. The number of amides is 1. The van der Waals surface area contributed by atoms with Crippen LogP contribution in [0.5, 0.6) is 0 Å². The van der Waals surface area contributed by atoms with Gasteiger partial charge in [-0.15, -0.1) is 0 Å². The van der Waals surface area contributed by atoms with Gasteiger partial charge in [0, 0.05) is 30.5 Å². The van der Waals surface area contributed by atoms with Crippen LogP contribution in [0.3, 0.4) is 0 Å². The van der Waals surface area contributed by atoms with Gasteiger partial charge in [0.05, 0.1) is 19.1 Å². The maximum Gasteiger partial charge on any atom is 0.307 e. The van der Waals surface area contributed by atoms with Gasteiger partial charge in [-0.2, -0.15) is 0 Å². The second-order valence-electron chi connectivity index (χ2n) is 7.92. The molecule has 0 unspecified atom stereocenters. The molecule has 5 heteroatoms. The number of nitrogens with zero attached hydrogens (tertiary/aromatic N) is 2. The van der Waals surface area contributed by atoms with Gasteiger partial charge < -0.3 is 14.2 Å². The minimum atomic E-state index is -0.278. The van der Waals surface area contributed by atoms with E-state index in [0.717, 1.165) is 17.0 Å². The Morgan fingerprint density at radius 2 is 1.88 bits per heavy atom. The van der Waals surface area contributed by atoms with Crippen LogP contribution in [0.4, 0.5) is 0 Å². The molecule has 0 aliphatic heterocycles. The number of rotatable bonds is 7. The fourth-order valence-corrected chi connectivity index (χ4v) is 4.11. The highest BCUT2D eigenvalue weighted by Crippen LogP contribution is 2.32. The van der Waals surface area contributed by atoms with Gasteiger partial charge in [0.25, 0.3) is 5.91 Å². The summed E-state index contributed by atoms with van der Waals surface area (Å²) in [4.78, 5) is 26.5. The quantitative estimate of drug-likeness (QED) is 0.681. The van der Waals surface area contributed by atoms with Crippen LogP contribution in [-0.4, -0.2) is 41.5 Å². The summed E-state index contributed by atoms with van der Waals surface area (Å²) in [6.07, 6.45) is 6.48. The van der Waals surface area contributed by atoms with Crippen molar-refractivity contribution in [3.63, 3.8) is 0 Å². The highest BCUT2D eigenvalue weighted by Gasteiger charge is 2.26. The molecule has 26 heavy (non-hydrogen) atoms. The molecule has 5 nitrogen and oxygen atoms in total. The van der Waals surface area contributed by atoms with Crippen molar-refractivity contribution in [3.8, 4) is 0 Å². The molecular formula is C21H34N2O3. The topological polar surface area (TPSA) is 51.5 Å². The highest BCUT2D eigenvalue weighted by atomic mass is 16.5. The van der Waals surface area contributed by atoms with Crippen molar-refractivity contribution in [1.29, 1.82) is 0 Å². The second-order valence-corrected chi connectivity index (χ2v) is 7.92. The van der Waals surface area contributed by atoms with Crippen LogP contribution >= 0.6 is 0 Å². The molecule has 1 saturated carbocycles. The van der Waals surface area contributed by atoms with Crippen molar-refractivity contribution < 1.29 is 14.3 Å². The SMILES string of the molecule is COC(=O)CCN(CC(C)C)C(=O)c1cc(C)n(C2CCCCC2)c1C. The Kier molecular flexibility index (Phi) is 7.30. The third kappa shape index (κ3) is 4.89. The first-order valence-corrected chi connectivity index (χ1v) is 9.89. The van der Waals surface area contributed by atoms with E-state index >= 15 is 0 Å². The van der Waals surface area contributed by atoms with Gasteiger partial charge in [0.1, 0.15) is 0 Å². The standard InChI is InChI=1S/C21H34N2O3/c1-15(2)14-22(12-11-20(24)26-5)21(25)19-13-16(3)23(17(19)4)18-9-7-6-8-10-18/h13,15,18H,6-12,14H2,1-5H3. The zero-order chi connectivity index (χ0) is 19.3. The van der Waals surface area contributed by atoms with E-state index in [9.17, 15) is 9.59 Å². The Labute approximate surface area is 157 Å². The summed E-state index contributed by atoms with van der Waals surface area (Å²) < 4.78 is 7.10. The fraction of sp³-hybridized carbons (Fsp3) is 0.714. The van der Waals surface area contributed by atoms with Crippen LogP contribution < -0.4 is 0 Å². The third-order valence-corrected chi connectivity index (χ3v) is 5.34. The minimum absolute atomic E-state index is 0.0257. The van der Waals surface area contributed by atoms with E-state index in [1.54, 1.807) is 4.90 Å². The molecule has 0 aromatic carbocycles. The molecule has 1 aliphatic carbocycles. The lowest BCUT2D eigenvalue weighted by Crippen LogP contribution is -2.36. The fourth-order valence-electron chi connectivity index (χ4n) is 4.11. The summed E-state index contributed by atoms with van der Waals surface area (Å²) in [5.41, 5.74) is 3.00. The van der Waals surface area contributed by atoms with E-state index in [2.05, 4.69) is 32.3 Å². The zero-order valence-electron chi connectivity index (χ0n) is 17.0. The third-order valence-electron chi connectivity index (χ3n) is 5.34. The Morgan fingerprint density at radius 1 is 1.23 bits per heavy atom. The molecule has 1 aromatic heterocycles. The first kappa shape index (κ1) is 20.5. The van der Waals surface area contributed by atoms with Gasteiger partial charge in [-0.05, 0) is 38.7 Å². The van der Waals surface area contributed by atoms with Gasteiger partial charge in [0.2, 0.25) is 0 Å². The van der Waals surface area contributed by atoms with E-state index in [0.29, 0.717) is 25.0 Å². The van der Waals surface area contributed by atoms with Crippen LogP contribution in [0, 0.1) is 19.8 Å². The highest BCUT2D eigenvalue weighted by molar-refractivity contribution is 5.96. The van der Waals surface area contributed by atoms with E-state index in [1.165, 1.54) is 39.2 Å². The predicted molar refractivity (Wildman–Crippen MR) is 103 cm³/mol. The van der Waals surface area contributed by atoms with E-state index < -0.39 is 0 Å². The van der Waals surface area contributed by atoms with Crippen molar-refractivity contribution >= 4 is 11.9 Å². The smallest absolute Gasteiger partial charge is 0.307 e. The van der Waals surface area contributed by atoms with Crippen molar-refractivity contribution in [2.24, 2.45) is 5.92 Å².